The van der Waals surface area contributed by atoms with Crippen molar-refractivity contribution in [3.05, 3.63) is 300 Å². The van der Waals surface area contributed by atoms with E-state index in [9.17, 15) is 0 Å². The fraction of sp³-hybridized carbons (Fsp3) is 0.0571. The predicted molar refractivity (Wildman–Crippen MR) is 301 cm³/mol. The highest BCUT2D eigenvalue weighted by Crippen LogP contribution is 2.64. The minimum Gasteiger partial charge on any atom is -0.310 e. The van der Waals surface area contributed by atoms with E-state index < -0.39 is 5.41 Å². The van der Waals surface area contributed by atoms with Gasteiger partial charge in [-0.1, -0.05) is 208 Å². The maximum Gasteiger partial charge on any atom is 0.0754 e. The maximum atomic E-state index is 2.47. The lowest BCUT2D eigenvalue weighted by Gasteiger charge is -2.45. The standard InChI is InChI=1S/C70H50N2/c1-69(2)65-45-52(51-35-43-62-60(44-51)57-24-12-13-25-61(57)70(62)63-26-14-16-28-67(63)72(53-22-10-5-11-23-53)68-29-17-15-27-64(68)70)34-41-58(65)59-42-40-56(46-66(59)69)71(54-36-30-49(31-37-54)47-18-6-3-7-19-47)55-38-32-50(33-39-55)48-20-8-4-9-21-48/h3-46H,1-2H3. The number of anilines is 6. The van der Waals surface area contributed by atoms with Gasteiger partial charge in [-0.2, -0.15) is 0 Å². The molecule has 0 fully saturated rings. The molecule has 0 saturated heterocycles. The molecule has 11 aromatic carbocycles. The SMILES string of the molecule is CC1(C)c2cc(-c3ccc4c(c3)-c3ccccc3C43c4ccccc4N(c4ccccc4)c4ccccc43)ccc2-c2ccc(N(c3ccc(-c4ccccc4)cc3)c3ccc(-c4ccccc4)cc3)cc21. The second kappa shape index (κ2) is 16.3. The molecule has 14 rings (SSSR count). The van der Waals surface area contributed by atoms with Gasteiger partial charge in [0.25, 0.3) is 0 Å². The van der Waals surface area contributed by atoms with Crippen molar-refractivity contribution in [3.8, 4) is 55.6 Å². The summed E-state index contributed by atoms with van der Waals surface area (Å²) in [5, 5.41) is 0. The van der Waals surface area contributed by atoms with Crippen molar-refractivity contribution in [1.82, 2.24) is 0 Å². The first-order chi connectivity index (χ1) is 35.5. The number of hydrogen-bond acceptors (Lipinski definition) is 2. The van der Waals surface area contributed by atoms with Crippen molar-refractivity contribution in [1.29, 1.82) is 0 Å². The largest absolute Gasteiger partial charge is 0.310 e. The number of rotatable bonds is 7. The van der Waals surface area contributed by atoms with Crippen LogP contribution in [0.3, 0.4) is 0 Å². The monoisotopic (exact) mass is 918 g/mol. The Bertz CT molecular complexity index is 3740. The number of fused-ring (bicyclic) bond motifs is 12. The van der Waals surface area contributed by atoms with Crippen molar-refractivity contribution in [3.63, 3.8) is 0 Å². The summed E-state index contributed by atoms with van der Waals surface area (Å²) >= 11 is 0. The molecule has 2 heteroatoms. The molecule has 0 amide bonds. The first kappa shape index (κ1) is 41.9. The van der Waals surface area contributed by atoms with E-state index in [1.54, 1.807) is 0 Å². The zero-order valence-electron chi connectivity index (χ0n) is 40.3. The molecule has 340 valence electrons. The first-order valence-corrected chi connectivity index (χ1v) is 25.2. The van der Waals surface area contributed by atoms with Gasteiger partial charge in [0.15, 0.2) is 0 Å². The lowest BCUT2D eigenvalue weighted by atomic mass is 9.64. The van der Waals surface area contributed by atoms with Crippen molar-refractivity contribution in [2.45, 2.75) is 24.7 Å². The highest BCUT2D eigenvalue weighted by molar-refractivity contribution is 5.97. The fourth-order valence-corrected chi connectivity index (χ4v) is 12.5. The molecule has 1 spiro atoms. The summed E-state index contributed by atoms with van der Waals surface area (Å²) in [4.78, 5) is 4.86. The van der Waals surface area contributed by atoms with E-state index in [1.807, 2.05) is 0 Å². The van der Waals surface area contributed by atoms with Crippen LogP contribution in [0.25, 0.3) is 55.6 Å². The third-order valence-electron chi connectivity index (χ3n) is 15.9. The van der Waals surface area contributed by atoms with Gasteiger partial charge < -0.3 is 9.80 Å². The molecule has 0 bridgehead atoms. The molecule has 0 N–H and O–H groups in total. The summed E-state index contributed by atoms with van der Waals surface area (Å²) in [6.07, 6.45) is 0. The maximum absolute atomic E-state index is 2.47. The predicted octanol–water partition coefficient (Wildman–Crippen LogP) is 18.6. The summed E-state index contributed by atoms with van der Waals surface area (Å²) in [5.41, 5.74) is 26.7. The van der Waals surface area contributed by atoms with Gasteiger partial charge in [0.05, 0.1) is 16.8 Å². The molecule has 2 nitrogen and oxygen atoms in total. The summed E-state index contributed by atoms with van der Waals surface area (Å²) < 4.78 is 0. The third-order valence-corrected chi connectivity index (χ3v) is 15.9. The van der Waals surface area contributed by atoms with Gasteiger partial charge in [0.2, 0.25) is 0 Å². The molecule has 0 saturated carbocycles. The molecule has 1 heterocycles. The molecular weight excluding hydrogens is 869 g/mol. The number of benzene rings is 11. The van der Waals surface area contributed by atoms with Crippen molar-refractivity contribution >= 4 is 34.1 Å². The van der Waals surface area contributed by atoms with Crippen molar-refractivity contribution in [2.75, 3.05) is 9.80 Å². The second-order valence-electron chi connectivity index (χ2n) is 20.0. The Labute approximate surface area is 422 Å². The molecular formula is C70H50N2. The van der Waals surface area contributed by atoms with Gasteiger partial charge >= 0.3 is 0 Å². The molecule has 0 aromatic heterocycles. The summed E-state index contributed by atoms with van der Waals surface area (Å²) in [6, 6.07) is 98.9. The first-order valence-electron chi connectivity index (χ1n) is 25.2. The van der Waals surface area contributed by atoms with Crippen molar-refractivity contribution in [2.24, 2.45) is 0 Å². The van der Waals surface area contributed by atoms with Crippen LogP contribution in [0, 0.1) is 0 Å². The van der Waals surface area contributed by atoms with Crippen LogP contribution in [0.15, 0.2) is 267 Å². The lowest BCUT2D eigenvalue weighted by molar-refractivity contribution is 0.660. The van der Waals surface area contributed by atoms with Crippen LogP contribution in [0.2, 0.25) is 0 Å². The van der Waals surface area contributed by atoms with E-state index in [2.05, 4.69) is 291 Å². The summed E-state index contributed by atoms with van der Waals surface area (Å²) in [7, 11) is 0. The molecule has 0 unspecified atom stereocenters. The molecule has 11 aromatic rings. The molecule has 72 heavy (non-hydrogen) atoms. The Balaban J connectivity index is 0.856. The van der Waals surface area contributed by atoms with Crippen LogP contribution in [0.5, 0.6) is 0 Å². The van der Waals surface area contributed by atoms with Gasteiger partial charge in [-0.25, -0.2) is 0 Å². The highest BCUT2D eigenvalue weighted by atomic mass is 15.2. The zero-order valence-corrected chi connectivity index (χ0v) is 40.3. The highest BCUT2D eigenvalue weighted by Gasteiger charge is 2.51. The fourth-order valence-electron chi connectivity index (χ4n) is 12.5. The Kier molecular flexibility index (Phi) is 9.50. The summed E-state index contributed by atoms with van der Waals surface area (Å²) in [5.74, 6) is 0. The van der Waals surface area contributed by atoms with Crippen LogP contribution < -0.4 is 9.80 Å². The Morgan fingerprint density at radius 1 is 0.278 bits per heavy atom. The second-order valence-corrected chi connectivity index (χ2v) is 20.0. The lowest BCUT2D eigenvalue weighted by Crippen LogP contribution is -2.36. The normalized spacial score (nSPS) is 13.9. The van der Waals surface area contributed by atoms with E-state index in [4.69, 9.17) is 0 Å². The zero-order chi connectivity index (χ0) is 48.0. The summed E-state index contributed by atoms with van der Waals surface area (Å²) in [6.45, 7) is 4.80. The molecule has 0 radical (unpaired) electrons. The molecule has 0 atom stereocenters. The van der Waals surface area contributed by atoms with E-state index >= 15 is 0 Å². The Morgan fingerprint density at radius 2 is 0.681 bits per heavy atom. The molecule has 1 aliphatic heterocycles. The number of nitrogens with zero attached hydrogens (tertiary/aromatic N) is 2. The van der Waals surface area contributed by atoms with E-state index in [0.717, 1.165) is 22.7 Å². The smallest absolute Gasteiger partial charge is 0.0754 e. The van der Waals surface area contributed by atoms with Gasteiger partial charge in [-0.15, -0.1) is 0 Å². The van der Waals surface area contributed by atoms with Crippen LogP contribution in [0.1, 0.15) is 47.2 Å². The average molecular weight is 919 g/mol. The topological polar surface area (TPSA) is 6.48 Å². The van der Waals surface area contributed by atoms with Gasteiger partial charge in [-0.3, -0.25) is 0 Å². The van der Waals surface area contributed by atoms with Gasteiger partial charge in [0, 0.05) is 28.2 Å². The number of hydrogen-bond donors (Lipinski definition) is 0. The molecule has 2 aliphatic carbocycles. The molecule has 3 aliphatic rings. The quantitative estimate of drug-likeness (QED) is 0.157. The van der Waals surface area contributed by atoms with Gasteiger partial charge in [-0.05, 0) is 162 Å². The van der Waals surface area contributed by atoms with Crippen LogP contribution in [0.4, 0.5) is 34.1 Å². The van der Waals surface area contributed by atoms with Crippen LogP contribution in [-0.4, -0.2) is 0 Å². The Hall–Kier alpha value is -8.98. The van der Waals surface area contributed by atoms with E-state index in [0.29, 0.717) is 0 Å². The average Bonchev–Trinajstić information content (AvgIpc) is 3.87. The van der Waals surface area contributed by atoms with Crippen molar-refractivity contribution < 1.29 is 0 Å². The van der Waals surface area contributed by atoms with Crippen LogP contribution in [-0.2, 0) is 10.8 Å². The number of para-hydroxylation sites is 3. The third kappa shape index (κ3) is 6.28. The van der Waals surface area contributed by atoms with E-state index in [1.165, 1.54) is 100 Å². The van der Waals surface area contributed by atoms with Gasteiger partial charge in [0.1, 0.15) is 0 Å². The van der Waals surface area contributed by atoms with E-state index in [-0.39, 0.29) is 5.41 Å². The van der Waals surface area contributed by atoms with Crippen LogP contribution >= 0.6 is 0 Å². The minimum absolute atomic E-state index is 0.246. The Morgan fingerprint density at radius 3 is 1.28 bits per heavy atom. The minimum atomic E-state index is -0.482.